The van der Waals surface area contributed by atoms with Crippen LogP contribution in [-0.4, -0.2) is 5.84 Å². The Morgan fingerprint density at radius 2 is 1.57 bits per heavy atom. The summed E-state index contributed by atoms with van der Waals surface area (Å²) in [6.45, 7) is 0. The predicted octanol–water partition coefficient (Wildman–Crippen LogP) is 4.00. The van der Waals surface area contributed by atoms with E-state index in [1.165, 1.54) is 44.1 Å². The summed E-state index contributed by atoms with van der Waals surface area (Å²) in [5.41, 5.74) is 7.77. The van der Waals surface area contributed by atoms with Gasteiger partial charge in [-0.15, -0.1) is 0 Å². The maximum absolute atomic E-state index is 8.21. The number of hydrogen-bond donors (Lipinski definition) is 2. The van der Waals surface area contributed by atoms with Crippen LogP contribution in [0.4, 0.5) is 0 Å². The first-order valence-corrected chi connectivity index (χ1v) is 8.52. The molecule has 1 atom stereocenters. The van der Waals surface area contributed by atoms with Gasteiger partial charge in [0.25, 0.3) is 0 Å². The fourth-order valence-electron chi connectivity index (χ4n) is 6.11. The van der Waals surface area contributed by atoms with Gasteiger partial charge in [-0.05, 0) is 73.7 Å². The summed E-state index contributed by atoms with van der Waals surface area (Å²) >= 11 is 0. The Morgan fingerprint density at radius 1 is 1.05 bits per heavy atom. The van der Waals surface area contributed by atoms with Crippen molar-refractivity contribution >= 4 is 5.84 Å². The van der Waals surface area contributed by atoms with E-state index in [0.29, 0.717) is 11.3 Å². The molecule has 4 fully saturated rings. The predicted molar refractivity (Wildman–Crippen MR) is 86.2 cm³/mol. The number of hydrogen-bond acceptors (Lipinski definition) is 1. The van der Waals surface area contributed by atoms with E-state index in [4.69, 9.17) is 11.1 Å². The van der Waals surface area contributed by atoms with Gasteiger partial charge in [0.05, 0.1) is 5.84 Å². The quantitative estimate of drug-likeness (QED) is 0.636. The lowest BCUT2D eigenvalue weighted by Gasteiger charge is -2.59. The van der Waals surface area contributed by atoms with Gasteiger partial charge < -0.3 is 5.73 Å². The molecule has 1 unspecified atom stereocenters. The Kier molecular flexibility index (Phi) is 3.09. The van der Waals surface area contributed by atoms with E-state index < -0.39 is 0 Å². The molecular formula is C19H26N2. The largest absolute Gasteiger partial charge is 0.387 e. The van der Waals surface area contributed by atoms with Crippen LogP contribution in [0, 0.1) is 34.5 Å². The molecule has 3 N–H and O–H groups in total. The third-order valence-corrected chi connectivity index (χ3v) is 6.48. The molecule has 5 rings (SSSR count). The van der Waals surface area contributed by atoms with Crippen LogP contribution in [0.25, 0.3) is 0 Å². The first-order valence-electron chi connectivity index (χ1n) is 8.52. The smallest absolute Gasteiger partial charge is 0.0945 e. The minimum Gasteiger partial charge on any atom is -0.387 e. The zero-order chi connectivity index (χ0) is 14.4. The molecule has 0 spiro atoms. The first kappa shape index (κ1) is 13.4. The molecule has 4 aliphatic rings. The highest BCUT2D eigenvalue weighted by molar-refractivity contribution is 5.81. The van der Waals surface area contributed by atoms with Gasteiger partial charge in [0.15, 0.2) is 0 Å². The highest BCUT2D eigenvalue weighted by Crippen LogP contribution is 2.63. The van der Waals surface area contributed by atoms with Gasteiger partial charge in [-0.2, -0.15) is 0 Å². The van der Waals surface area contributed by atoms with Crippen molar-refractivity contribution in [1.29, 1.82) is 5.41 Å². The summed E-state index contributed by atoms with van der Waals surface area (Å²) in [5.74, 6) is 3.46. The first-order chi connectivity index (χ1) is 10.1. The van der Waals surface area contributed by atoms with Crippen LogP contribution < -0.4 is 5.73 Å². The Hall–Kier alpha value is -1.31. The molecule has 4 aliphatic carbocycles. The zero-order valence-corrected chi connectivity index (χ0v) is 12.7. The highest BCUT2D eigenvalue weighted by Gasteiger charge is 2.54. The molecule has 0 aliphatic heterocycles. The third-order valence-electron chi connectivity index (χ3n) is 6.48. The number of nitrogens with two attached hydrogens (primary N) is 1. The lowest BCUT2D eigenvalue weighted by Crippen LogP contribution is -2.53. The molecule has 1 aromatic carbocycles. The number of nitrogens with one attached hydrogen (secondary N) is 1. The fraction of sp³-hybridized carbons (Fsp3) is 0.632. The van der Waals surface area contributed by atoms with Gasteiger partial charge >= 0.3 is 0 Å². The molecule has 2 heteroatoms. The van der Waals surface area contributed by atoms with Crippen molar-refractivity contribution in [2.24, 2.45) is 34.8 Å². The van der Waals surface area contributed by atoms with Crippen LogP contribution in [0.3, 0.4) is 0 Å². The van der Waals surface area contributed by atoms with Crippen molar-refractivity contribution in [2.75, 3.05) is 0 Å². The molecular weight excluding hydrogens is 256 g/mol. The van der Waals surface area contributed by atoms with Crippen molar-refractivity contribution in [3.05, 3.63) is 35.9 Å². The monoisotopic (exact) mass is 282 g/mol. The molecule has 0 saturated heterocycles. The van der Waals surface area contributed by atoms with Crippen molar-refractivity contribution < 1.29 is 0 Å². The van der Waals surface area contributed by atoms with Crippen molar-refractivity contribution in [1.82, 2.24) is 0 Å². The van der Waals surface area contributed by atoms with Gasteiger partial charge in [-0.1, -0.05) is 30.3 Å². The van der Waals surface area contributed by atoms with Crippen LogP contribution in [0.15, 0.2) is 30.3 Å². The van der Waals surface area contributed by atoms with Gasteiger partial charge in [0, 0.05) is 5.92 Å². The van der Waals surface area contributed by atoms with Gasteiger partial charge in [-0.3, -0.25) is 5.41 Å². The van der Waals surface area contributed by atoms with Gasteiger partial charge in [0.2, 0.25) is 0 Å². The molecule has 1 aromatic rings. The Labute approximate surface area is 127 Å². The van der Waals surface area contributed by atoms with Crippen molar-refractivity contribution in [3.8, 4) is 0 Å². The van der Waals surface area contributed by atoms with E-state index in [1.54, 1.807) is 0 Å². The number of amidine groups is 1. The van der Waals surface area contributed by atoms with Crippen molar-refractivity contribution in [2.45, 2.75) is 44.9 Å². The summed E-state index contributed by atoms with van der Waals surface area (Å²) in [5, 5.41) is 8.21. The molecule has 2 nitrogen and oxygen atoms in total. The molecule has 0 aromatic heterocycles. The highest BCUT2D eigenvalue weighted by atomic mass is 14.7. The zero-order valence-electron chi connectivity index (χ0n) is 12.7. The van der Waals surface area contributed by atoms with E-state index in [2.05, 4.69) is 30.3 Å². The SMILES string of the molecule is N=C(N)C(Cc1ccccc1)C12CC3CC(CC(C3)C1)C2. The van der Waals surface area contributed by atoms with E-state index in [0.717, 1.165) is 24.2 Å². The third kappa shape index (κ3) is 2.29. The summed E-state index contributed by atoms with van der Waals surface area (Å²) in [7, 11) is 0. The Balaban J connectivity index is 1.63. The van der Waals surface area contributed by atoms with Crippen LogP contribution in [0.2, 0.25) is 0 Å². The number of rotatable bonds is 4. The van der Waals surface area contributed by atoms with E-state index >= 15 is 0 Å². The standard InChI is InChI=1S/C19H26N2/c20-18(21)17(9-13-4-2-1-3-5-13)19-10-14-6-15(11-19)8-16(7-14)12-19/h1-5,14-17H,6-12H2,(H3,20,21). The second-order valence-corrected chi connectivity index (χ2v) is 7.98. The van der Waals surface area contributed by atoms with Gasteiger partial charge in [0.1, 0.15) is 0 Å². The maximum Gasteiger partial charge on any atom is 0.0945 e. The average Bonchev–Trinajstić information content (AvgIpc) is 2.44. The average molecular weight is 282 g/mol. The molecule has 0 radical (unpaired) electrons. The molecule has 112 valence electrons. The molecule has 4 saturated carbocycles. The van der Waals surface area contributed by atoms with E-state index in [-0.39, 0.29) is 5.92 Å². The van der Waals surface area contributed by atoms with E-state index in [9.17, 15) is 0 Å². The van der Waals surface area contributed by atoms with Crippen molar-refractivity contribution in [3.63, 3.8) is 0 Å². The van der Waals surface area contributed by atoms with Crippen LogP contribution in [-0.2, 0) is 6.42 Å². The van der Waals surface area contributed by atoms with E-state index in [1.807, 2.05) is 0 Å². The molecule has 21 heavy (non-hydrogen) atoms. The molecule has 0 heterocycles. The molecule has 4 bridgehead atoms. The molecule has 0 amide bonds. The maximum atomic E-state index is 8.21. The second kappa shape index (κ2) is 4.86. The second-order valence-electron chi connectivity index (χ2n) is 7.98. The summed E-state index contributed by atoms with van der Waals surface area (Å²) in [6.07, 6.45) is 9.31. The van der Waals surface area contributed by atoms with Crippen LogP contribution >= 0.6 is 0 Å². The summed E-state index contributed by atoms with van der Waals surface area (Å²) in [6, 6.07) is 10.7. The minimum atomic E-state index is 0.258. The Bertz CT molecular complexity index is 498. The van der Waals surface area contributed by atoms with Crippen LogP contribution in [0.5, 0.6) is 0 Å². The Morgan fingerprint density at radius 3 is 2.05 bits per heavy atom. The normalized spacial score (nSPS) is 38.4. The fourth-order valence-corrected chi connectivity index (χ4v) is 6.11. The summed E-state index contributed by atoms with van der Waals surface area (Å²) in [4.78, 5) is 0. The lowest BCUT2D eigenvalue weighted by molar-refractivity contribution is -0.0722. The summed E-state index contributed by atoms with van der Waals surface area (Å²) < 4.78 is 0. The minimum absolute atomic E-state index is 0.258. The topological polar surface area (TPSA) is 49.9 Å². The van der Waals surface area contributed by atoms with Gasteiger partial charge in [-0.25, -0.2) is 0 Å². The number of benzene rings is 1. The van der Waals surface area contributed by atoms with Crippen LogP contribution in [0.1, 0.15) is 44.1 Å². The lowest BCUT2D eigenvalue weighted by atomic mass is 9.46.